The van der Waals surface area contributed by atoms with E-state index in [1.165, 1.54) is 0 Å². The standard InChI is InChI=1S/C16H20N2O3/c1-2-20-11-13-6-4-3-5-12(13)10-18-16(19)15-8-7-14(9-17)21-15/h3-8H,2,9-11,17H2,1H3,(H,18,19). The van der Waals surface area contributed by atoms with E-state index in [0.29, 0.717) is 25.5 Å². The average molecular weight is 288 g/mol. The van der Waals surface area contributed by atoms with Gasteiger partial charge in [-0.2, -0.15) is 0 Å². The molecule has 1 amide bonds. The van der Waals surface area contributed by atoms with E-state index in [0.717, 1.165) is 11.1 Å². The van der Waals surface area contributed by atoms with Crippen molar-refractivity contribution in [1.29, 1.82) is 0 Å². The van der Waals surface area contributed by atoms with Crippen molar-refractivity contribution in [3.8, 4) is 0 Å². The van der Waals surface area contributed by atoms with Gasteiger partial charge in [0, 0.05) is 13.2 Å². The fourth-order valence-electron chi connectivity index (χ4n) is 1.96. The number of furan rings is 1. The Hall–Kier alpha value is -2.11. The van der Waals surface area contributed by atoms with Crippen molar-refractivity contribution in [3.05, 3.63) is 59.0 Å². The summed E-state index contributed by atoms with van der Waals surface area (Å²) in [7, 11) is 0. The van der Waals surface area contributed by atoms with Crippen LogP contribution in [-0.4, -0.2) is 12.5 Å². The van der Waals surface area contributed by atoms with E-state index in [9.17, 15) is 4.79 Å². The summed E-state index contributed by atoms with van der Waals surface area (Å²) >= 11 is 0. The molecule has 0 saturated heterocycles. The molecule has 1 heterocycles. The van der Waals surface area contributed by atoms with E-state index in [1.54, 1.807) is 12.1 Å². The minimum absolute atomic E-state index is 0.249. The fraction of sp³-hybridized carbons (Fsp3) is 0.312. The molecule has 112 valence electrons. The monoisotopic (exact) mass is 288 g/mol. The van der Waals surface area contributed by atoms with E-state index in [-0.39, 0.29) is 18.2 Å². The summed E-state index contributed by atoms with van der Waals surface area (Å²) in [5.74, 6) is 0.621. The molecule has 0 spiro atoms. The van der Waals surface area contributed by atoms with Crippen LogP contribution >= 0.6 is 0 Å². The molecule has 5 nitrogen and oxygen atoms in total. The Labute approximate surface area is 124 Å². The molecule has 0 atom stereocenters. The zero-order valence-electron chi connectivity index (χ0n) is 12.1. The molecule has 1 aromatic carbocycles. The quantitative estimate of drug-likeness (QED) is 0.819. The van der Waals surface area contributed by atoms with Gasteiger partial charge < -0.3 is 20.2 Å². The molecule has 0 fully saturated rings. The predicted octanol–water partition coefficient (Wildman–Crippen LogP) is 2.20. The molecule has 0 bridgehead atoms. The second-order valence-corrected chi connectivity index (χ2v) is 4.56. The summed E-state index contributed by atoms with van der Waals surface area (Å²) in [5, 5.41) is 2.84. The van der Waals surface area contributed by atoms with Crippen molar-refractivity contribution in [3.63, 3.8) is 0 Å². The highest BCUT2D eigenvalue weighted by Crippen LogP contribution is 2.11. The Bertz CT molecular complexity index is 593. The van der Waals surface area contributed by atoms with Gasteiger partial charge >= 0.3 is 0 Å². The van der Waals surface area contributed by atoms with Gasteiger partial charge in [-0.3, -0.25) is 4.79 Å². The van der Waals surface area contributed by atoms with Crippen LogP contribution in [0.3, 0.4) is 0 Å². The van der Waals surface area contributed by atoms with Gasteiger partial charge in [0.15, 0.2) is 5.76 Å². The Kier molecular flexibility index (Phi) is 5.54. The molecule has 0 saturated carbocycles. The molecule has 5 heteroatoms. The third-order valence-electron chi connectivity index (χ3n) is 3.11. The largest absolute Gasteiger partial charge is 0.455 e. The first-order valence-electron chi connectivity index (χ1n) is 6.96. The van der Waals surface area contributed by atoms with Crippen LogP contribution in [0.25, 0.3) is 0 Å². The van der Waals surface area contributed by atoms with Gasteiger partial charge in [-0.1, -0.05) is 24.3 Å². The molecule has 2 aromatic rings. The highest BCUT2D eigenvalue weighted by Gasteiger charge is 2.11. The lowest BCUT2D eigenvalue weighted by Crippen LogP contribution is -2.23. The maximum absolute atomic E-state index is 12.0. The number of benzene rings is 1. The van der Waals surface area contributed by atoms with Gasteiger partial charge in [0.25, 0.3) is 5.91 Å². The lowest BCUT2D eigenvalue weighted by Gasteiger charge is -2.10. The highest BCUT2D eigenvalue weighted by atomic mass is 16.5. The number of rotatable bonds is 7. The molecule has 2 rings (SSSR count). The lowest BCUT2D eigenvalue weighted by atomic mass is 10.1. The smallest absolute Gasteiger partial charge is 0.287 e. The number of amides is 1. The van der Waals surface area contributed by atoms with Crippen molar-refractivity contribution in [1.82, 2.24) is 5.32 Å². The third kappa shape index (κ3) is 4.18. The second-order valence-electron chi connectivity index (χ2n) is 4.56. The molecule has 1 aromatic heterocycles. The number of ether oxygens (including phenoxy) is 1. The number of hydrogen-bond acceptors (Lipinski definition) is 4. The first kappa shape index (κ1) is 15.3. The lowest BCUT2D eigenvalue weighted by molar-refractivity contribution is 0.0920. The van der Waals surface area contributed by atoms with Crippen molar-refractivity contribution in [2.45, 2.75) is 26.6 Å². The van der Waals surface area contributed by atoms with Crippen LogP contribution in [0, 0.1) is 0 Å². The van der Waals surface area contributed by atoms with Crippen LogP contribution < -0.4 is 11.1 Å². The first-order valence-corrected chi connectivity index (χ1v) is 6.96. The highest BCUT2D eigenvalue weighted by molar-refractivity contribution is 5.91. The second kappa shape index (κ2) is 7.61. The molecule has 3 N–H and O–H groups in total. The Morgan fingerprint density at radius 3 is 2.67 bits per heavy atom. The van der Waals surface area contributed by atoms with Crippen molar-refractivity contribution < 1.29 is 13.9 Å². The predicted molar refractivity (Wildman–Crippen MR) is 79.5 cm³/mol. The normalized spacial score (nSPS) is 10.6. The van der Waals surface area contributed by atoms with Crippen LogP contribution in [0.4, 0.5) is 0 Å². The zero-order valence-corrected chi connectivity index (χ0v) is 12.1. The van der Waals surface area contributed by atoms with E-state index in [2.05, 4.69) is 5.32 Å². The number of carbonyl (C=O) groups is 1. The molecule has 0 aliphatic heterocycles. The van der Waals surface area contributed by atoms with Crippen molar-refractivity contribution in [2.24, 2.45) is 5.73 Å². The van der Waals surface area contributed by atoms with Crippen LogP contribution in [0.1, 0.15) is 34.4 Å². The summed E-state index contributed by atoms with van der Waals surface area (Å²) < 4.78 is 10.7. The fourth-order valence-corrected chi connectivity index (χ4v) is 1.96. The molecule has 0 unspecified atom stereocenters. The molecule has 0 radical (unpaired) electrons. The van der Waals surface area contributed by atoms with Crippen LogP contribution in [0.5, 0.6) is 0 Å². The van der Waals surface area contributed by atoms with Gasteiger partial charge in [-0.25, -0.2) is 0 Å². The summed E-state index contributed by atoms with van der Waals surface area (Å²) in [4.78, 5) is 12.0. The average Bonchev–Trinajstić information content (AvgIpc) is 3.00. The van der Waals surface area contributed by atoms with Crippen LogP contribution in [0.2, 0.25) is 0 Å². The topological polar surface area (TPSA) is 77.5 Å². The number of nitrogens with two attached hydrogens (primary N) is 1. The number of hydrogen-bond donors (Lipinski definition) is 2. The SMILES string of the molecule is CCOCc1ccccc1CNC(=O)c1ccc(CN)o1. The summed E-state index contributed by atoms with van der Waals surface area (Å²) in [6, 6.07) is 11.2. The Morgan fingerprint density at radius 1 is 1.24 bits per heavy atom. The molecular formula is C16H20N2O3. The molecule has 0 aliphatic rings. The van der Waals surface area contributed by atoms with E-state index in [4.69, 9.17) is 14.9 Å². The zero-order chi connectivity index (χ0) is 15.1. The van der Waals surface area contributed by atoms with Crippen molar-refractivity contribution in [2.75, 3.05) is 6.61 Å². The Balaban J connectivity index is 1.97. The number of nitrogens with one attached hydrogen (secondary N) is 1. The Morgan fingerprint density at radius 2 is 2.00 bits per heavy atom. The number of carbonyl (C=O) groups excluding carboxylic acids is 1. The molecule has 0 aliphatic carbocycles. The first-order chi connectivity index (χ1) is 10.2. The minimum Gasteiger partial charge on any atom is -0.455 e. The van der Waals surface area contributed by atoms with Gasteiger partial charge in [0.05, 0.1) is 13.2 Å². The maximum Gasteiger partial charge on any atom is 0.287 e. The summed E-state index contributed by atoms with van der Waals surface area (Å²) in [5.41, 5.74) is 7.56. The van der Waals surface area contributed by atoms with E-state index in [1.807, 2.05) is 31.2 Å². The van der Waals surface area contributed by atoms with Gasteiger partial charge in [-0.15, -0.1) is 0 Å². The molecular weight excluding hydrogens is 268 g/mol. The van der Waals surface area contributed by atoms with Gasteiger partial charge in [-0.05, 0) is 30.2 Å². The third-order valence-corrected chi connectivity index (χ3v) is 3.11. The van der Waals surface area contributed by atoms with Crippen molar-refractivity contribution >= 4 is 5.91 Å². The summed E-state index contributed by atoms with van der Waals surface area (Å²) in [6.07, 6.45) is 0. The maximum atomic E-state index is 12.0. The van der Waals surface area contributed by atoms with E-state index < -0.39 is 0 Å². The summed E-state index contributed by atoms with van der Waals surface area (Å²) in [6.45, 7) is 3.87. The van der Waals surface area contributed by atoms with Gasteiger partial charge in [0.1, 0.15) is 5.76 Å². The molecule has 21 heavy (non-hydrogen) atoms. The minimum atomic E-state index is -0.249. The van der Waals surface area contributed by atoms with Gasteiger partial charge in [0.2, 0.25) is 0 Å². The van der Waals surface area contributed by atoms with Crippen LogP contribution in [0.15, 0.2) is 40.8 Å². The van der Waals surface area contributed by atoms with E-state index >= 15 is 0 Å². The van der Waals surface area contributed by atoms with Crippen LogP contribution in [-0.2, 0) is 24.4 Å².